The van der Waals surface area contributed by atoms with Gasteiger partial charge in [0, 0.05) is 6.54 Å². The highest BCUT2D eigenvalue weighted by molar-refractivity contribution is 5.81. The summed E-state index contributed by atoms with van der Waals surface area (Å²) in [6.45, 7) is 3.88. The molecule has 0 bridgehead atoms. The van der Waals surface area contributed by atoms with Crippen molar-refractivity contribution in [3.63, 3.8) is 0 Å². The topological polar surface area (TPSA) is 66.4 Å². The van der Waals surface area contributed by atoms with Crippen LogP contribution >= 0.6 is 0 Å². The second kappa shape index (κ2) is 6.60. The Bertz CT molecular complexity index is 180. The lowest BCUT2D eigenvalue weighted by atomic mass is 10.1. The normalized spacial score (nSPS) is 12.5. The fourth-order valence-corrected chi connectivity index (χ4v) is 1.09. The zero-order valence-corrected chi connectivity index (χ0v) is 8.17. The minimum absolute atomic E-state index is 0.0630. The number of Topliss-reactive ketones (excluding diaryl/α,β-unsaturated/α-hetero) is 1. The number of carbonyl (C=O) groups excluding carboxylic acids is 1. The van der Waals surface area contributed by atoms with Gasteiger partial charge in [0.1, 0.15) is 5.78 Å². The molecule has 0 rings (SSSR count). The third-order valence-corrected chi connectivity index (χ3v) is 1.80. The quantitative estimate of drug-likeness (QED) is 0.619. The molecule has 0 amide bonds. The Morgan fingerprint density at radius 3 is 2.46 bits per heavy atom. The van der Waals surface area contributed by atoms with Gasteiger partial charge in [-0.1, -0.05) is 13.3 Å². The number of carboxylic acids is 1. The van der Waals surface area contributed by atoms with E-state index in [0.717, 1.165) is 12.8 Å². The average Bonchev–Trinajstić information content (AvgIpc) is 2.02. The number of nitrogens with one attached hydrogen (secondary N) is 1. The third-order valence-electron chi connectivity index (χ3n) is 1.80. The highest BCUT2D eigenvalue weighted by atomic mass is 16.4. The van der Waals surface area contributed by atoms with E-state index in [1.54, 1.807) is 0 Å². The summed E-state index contributed by atoms with van der Waals surface area (Å²) < 4.78 is 0. The maximum atomic E-state index is 11.0. The Kier molecular flexibility index (Phi) is 6.14. The van der Waals surface area contributed by atoms with Gasteiger partial charge in [-0.15, -0.1) is 0 Å². The van der Waals surface area contributed by atoms with E-state index >= 15 is 0 Å². The minimum Gasteiger partial charge on any atom is -0.481 e. The lowest BCUT2D eigenvalue weighted by molar-refractivity contribution is -0.137. The summed E-state index contributed by atoms with van der Waals surface area (Å²) >= 11 is 0. The average molecular weight is 187 g/mol. The van der Waals surface area contributed by atoms with Crippen LogP contribution in [0.4, 0.5) is 0 Å². The maximum Gasteiger partial charge on any atom is 0.304 e. The van der Waals surface area contributed by atoms with E-state index in [-0.39, 0.29) is 18.2 Å². The van der Waals surface area contributed by atoms with Crippen molar-refractivity contribution >= 4 is 11.8 Å². The number of ketones is 1. The molecule has 0 radical (unpaired) electrons. The number of rotatable bonds is 7. The van der Waals surface area contributed by atoms with E-state index in [2.05, 4.69) is 5.32 Å². The fraction of sp³-hybridized carbons (Fsp3) is 0.778. The molecule has 0 heterocycles. The van der Waals surface area contributed by atoms with Crippen LogP contribution in [-0.4, -0.2) is 29.4 Å². The molecule has 1 atom stereocenters. The van der Waals surface area contributed by atoms with Gasteiger partial charge in [0.25, 0.3) is 0 Å². The van der Waals surface area contributed by atoms with Crippen molar-refractivity contribution in [1.82, 2.24) is 5.32 Å². The first-order valence-corrected chi connectivity index (χ1v) is 4.53. The second-order valence-corrected chi connectivity index (χ2v) is 3.05. The number of carbonyl (C=O) groups is 2. The van der Waals surface area contributed by atoms with E-state index in [4.69, 9.17) is 5.11 Å². The van der Waals surface area contributed by atoms with Crippen LogP contribution < -0.4 is 5.32 Å². The first-order chi connectivity index (χ1) is 6.07. The molecular formula is C9H17NO3. The van der Waals surface area contributed by atoms with Gasteiger partial charge in [0.2, 0.25) is 0 Å². The molecule has 0 saturated carbocycles. The van der Waals surface area contributed by atoms with Crippen molar-refractivity contribution in [2.75, 3.05) is 6.54 Å². The van der Waals surface area contributed by atoms with Gasteiger partial charge in [-0.3, -0.25) is 9.59 Å². The summed E-state index contributed by atoms with van der Waals surface area (Å²) in [6.07, 6.45) is 1.76. The molecule has 0 aliphatic rings. The lowest BCUT2D eigenvalue weighted by Crippen LogP contribution is -2.36. The predicted molar refractivity (Wildman–Crippen MR) is 49.6 cm³/mol. The summed E-state index contributed by atoms with van der Waals surface area (Å²) in [5.41, 5.74) is 0. The highest BCUT2D eigenvalue weighted by Crippen LogP contribution is 1.97. The molecule has 0 aliphatic heterocycles. The second-order valence-electron chi connectivity index (χ2n) is 3.05. The van der Waals surface area contributed by atoms with Crippen molar-refractivity contribution in [3.8, 4) is 0 Å². The Morgan fingerprint density at radius 1 is 1.46 bits per heavy atom. The molecule has 4 heteroatoms. The molecule has 4 nitrogen and oxygen atoms in total. The Labute approximate surface area is 78.3 Å². The van der Waals surface area contributed by atoms with E-state index in [1.807, 2.05) is 6.92 Å². The zero-order valence-electron chi connectivity index (χ0n) is 8.17. The van der Waals surface area contributed by atoms with Crippen molar-refractivity contribution in [1.29, 1.82) is 0 Å². The molecule has 0 aliphatic carbocycles. The van der Waals surface area contributed by atoms with Gasteiger partial charge in [-0.25, -0.2) is 0 Å². The Hall–Kier alpha value is -0.900. The van der Waals surface area contributed by atoms with Gasteiger partial charge in [0.05, 0.1) is 12.5 Å². The summed E-state index contributed by atoms with van der Waals surface area (Å²) in [6, 6.07) is -0.177. The molecule has 0 aromatic heterocycles. The molecule has 76 valence electrons. The molecule has 1 unspecified atom stereocenters. The predicted octanol–water partition coefficient (Wildman–Crippen LogP) is 0.808. The zero-order chi connectivity index (χ0) is 10.3. The summed E-state index contributed by atoms with van der Waals surface area (Å²) in [4.78, 5) is 21.2. The first-order valence-electron chi connectivity index (χ1n) is 4.53. The van der Waals surface area contributed by atoms with Crippen molar-refractivity contribution in [2.24, 2.45) is 0 Å². The van der Waals surface area contributed by atoms with E-state index in [9.17, 15) is 9.59 Å². The van der Waals surface area contributed by atoms with Crippen LogP contribution in [-0.2, 0) is 9.59 Å². The number of hydrogen-bond donors (Lipinski definition) is 2. The van der Waals surface area contributed by atoms with Crippen molar-refractivity contribution in [3.05, 3.63) is 0 Å². The van der Waals surface area contributed by atoms with E-state index in [1.165, 1.54) is 6.92 Å². The van der Waals surface area contributed by atoms with Crippen LogP contribution in [0.3, 0.4) is 0 Å². The Morgan fingerprint density at radius 2 is 2.08 bits per heavy atom. The molecule has 0 aromatic carbocycles. The number of hydrogen-bond acceptors (Lipinski definition) is 3. The third kappa shape index (κ3) is 6.28. The standard InChI is InChI=1S/C9H17NO3/c1-3-4-8(7(2)11)10-6-5-9(12)13/h8,10H,3-6H2,1-2H3,(H,12,13). The van der Waals surface area contributed by atoms with Gasteiger partial charge < -0.3 is 10.4 Å². The van der Waals surface area contributed by atoms with E-state index in [0.29, 0.717) is 6.54 Å². The van der Waals surface area contributed by atoms with Gasteiger partial charge in [0.15, 0.2) is 0 Å². The molecule has 0 saturated heterocycles. The molecule has 2 N–H and O–H groups in total. The maximum absolute atomic E-state index is 11.0. The Balaban J connectivity index is 3.69. The number of carboxylic acid groups (broad SMARTS) is 1. The van der Waals surface area contributed by atoms with Crippen LogP contribution in [0.15, 0.2) is 0 Å². The molecule has 0 aromatic rings. The molecular weight excluding hydrogens is 170 g/mol. The van der Waals surface area contributed by atoms with Crippen molar-refractivity contribution in [2.45, 2.75) is 39.2 Å². The largest absolute Gasteiger partial charge is 0.481 e. The smallest absolute Gasteiger partial charge is 0.304 e. The van der Waals surface area contributed by atoms with E-state index < -0.39 is 5.97 Å². The molecule has 13 heavy (non-hydrogen) atoms. The van der Waals surface area contributed by atoms with Crippen LogP contribution in [0.1, 0.15) is 33.1 Å². The summed E-state index contributed by atoms with van der Waals surface area (Å²) in [5.74, 6) is -0.765. The van der Waals surface area contributed by atoms with Gasteiger partial charge in [-0.05, 0) is 13.3 Å². The number of aliphatic carboxylic acids is 1. The van der Waals surface area contributed by atoms with Crippen LogP contribution in [0.2, 0.25) is 0 Å². The van der Waals surface area contributed by atoms with Crippen LogP contribution in [0.5, 0.6) is 0 Å². The lowest BCUT2D eigenvalue weighted by Gasteiger charge is -2.13. The molecule has 0 spiro atoms. The minimum atomic E-state index is -0.841. The fourth-order valence-electron chi connectivity index (χ4n) is 1.09. The van der Waals surface area contributed by atoms with Crippen LogP contribution in [0.25, 0.3) is 0 Å². The van der Waals surface area contributed by atoms with Crippen molar-refractivity contribution < 1.29 is 14.7 Å². The summed E-state index contributed by atoms with van der Waals surface area (Å²) in [7, 11) is 0. The monoisotopic (exact) mass is 187 g/mol. The SMILES string of the molecule is CCCC(NCCC(=O)O)C(C)=O. The first kappa shape index (κ1) is 12.1. The highest BCUT2D eigenvalue weighted by Gasteiger charge is 2.11. The van der Waals surface area contributed by atoms with Gasteiger partial charge in [-0.2, -0.15) is 0 Å². The molecule has 0 fully saturated rings. The summed E-state index contributed by atoms with van der Waals surface area (Å²) in [5, 5.41) is 11.3. The van der Waals surface area contributed by atoms with Gasteiger partial charge >= 0.3 is 5.97 Å². The van der Waals surface area contributed by atoms with Crippen LogP contribution in [0, 0.1) is 0 Å².